The second-order valence-corrected chi connectivity index (χ2v) is 9.39. The number of aliphatic hydroxyl groups is 1. The minimum Gasteiger partial charge on any atom is -0.508 e. The van der Waals surface area contributed by atoms with Gasteiger partial charge < -0.3 is 40.8 Å². The molecule has 1 atom stereocenters. The Morgan fingerprint density at radius 3 is 2.49 bits per heavy atom. The van der Waals surface area contributed by atoms with E-state index in [0.29, 0.717) is 42.1 Å². The first-order valence-electron chi connectivity index (χ1n) is 11.9. The van der Waals surface area contributed by atoms with Crippen LogP contribution in [0.15, 0.2) is 53.3 Å². The molecule has 0 saturated carbocycles. The predicted octanol–water partition coefficient (Wildman–Crippen LogP) is 1.57. The maximum absolute atomic E-state index is 12.3. The van der Waals surface area contributed by atoms with Gasteiger partial charge >= 0.3 is 17.6 Å². The van der Waals surface area contributed by atoms with Gasteiger partial charge in [-0.05, 0) is 38.5 Å². The van der Waals surface area contributed by atoms with Gasteiger partial charge in [-0.3, -0.25) is 9.36 Å². The van der Waals surface area contributed by atoms with E-state index in [4.69, 9.17) is 14.9 Å². The van der Waals surface area contributed by atoms with Crippen molar-refractivity contribution < 1.29 is 39.5 Å². The van der Waals surface area contributed by atoms with Crippen LogP contribution >= 0.6 is 0 Å². The Hall–Kier alpha value is -4.62. The fourth-order valence-corrected chi connectivity index (χ4v) is 3.89. The van der Waals surface area contributed by atoms with Crippen LogP contribution in [0, 0.1) is 0 Å². The van der Waals surface area contributed by atoms with Crippen molar-refractivity contribution in [1.29, 1.82) is 0 Å². The number of carbonyl (C=O) groups is 3. The van der Waals surface area contributed by atoms with Crippen LogP contribution in [0.25, 0.3) is 11.0 Å². The average Bonchev–Trinajstić information content (AvgIpc) is 3.19. The molecule has 7 N–H and O–H groups in total. The number of phenols is 1. The minimum absolute atomic E-state index is 0.0726. The number of aryl methyl sites for hydroxylation is 1. The molecule has 2 aromatic carbocycles. The quantitative estimate of drug-likeness (QED) is 0.194. The van der Waals surface area contributed by atoms with E-state index in [1.54, 1.807) is 4.57 Å². The van der Waals surface area contributed by atoms with Crippen LogP contribution in [-0.2, 0) is 20.9 Å². The lowest BCUT2D eigenvalue weighted by molar-refractivity contribution is -0.134. The molecule has 1 aliphatic heterocycles. The van der Waals surface area contributed by atoms with Crippen molar-refractivity contribution in [2.45, 2.75) is 38.5 Å². The number of aliphatic carboxylic acids is 2. The Morgan fingerprint density at radius 1 is 1.15 bits per heavy atom. The number of phenolic OH excluding ortho intramolecular Hbond substituents is 1. The van der Waals surface area contributed by atoms with E-state index in [1.807, 2.05) is 38.1 Å². The molecule has 4 rings (SSSR count). The highest BCUT2D eigenvalue weighted by molar-refractivity contribution is 5.96. The van der Waals surface area contributed by atoms with Gasteiger partial charge in [0.15, 0.2) is 6.61 Å². The van der Waals surface area contributed by atoms with Crippen LogP contribution in [0.4, 0.5) is 5.69 Å². The Labute approximate surface area is 222 Å². The molecule has 13 nitrogen and oxygen atoms in total. The number of nitrogens with zero attached hydrogens (tertiary/aromatic N) is 1. The summed E-state index contributed by atoms with van der Waals surface area (Å²) in [6, 6.07) is 10.4. The van der Waals surface area contributed by atoms with Gasteiger partial charge in [0.25, 0.3) is 5.91 Å². The van der Waals surface area contributed by atoms with Gasteiger partial charge in [0.2, 0.25) is 0 Å². The number of aliphatic hydroxyl groups excluding tert-OH is 1. The van der Waals surface area contributed by atoms with E-state index in [-0.39, 0.29) is 36.0 Å². The fraction of sp³-hybridized carbons (Fsp3) is 0.308. The Balaban J connectivity index is 0.000000459. The molecule has 0 saturated heterocycles. The van der Waals surface area contributed by atoms with E-state index in [0.717, 1.165) is 11.0 Å². The van der Waals surface area contributed by atoms with Crippen LogP contribution in [-0.4, -0.2) is 66.5 Å². The lowest BCUT2D eigenvalue weighted by Gasteiger charge is -2.29. The third kappa shape index (κ3) is 7.93. The molecule has 1 aromatic heterocycles. The number of ether oxygens (including phenoxy) is 1. The number of hydrogen-bond acceptors (Lipinski definition) is 8. The topological polar surface area (TPSA) is 203 Å². The van der Waals surface area contributed by atoms with Crippen molar-refractivity contribution in [2.75, 3.05) is 18.5 Å². The molecule has 0 bridgehead atoms. The lowest BCUT2D eigenvalue weighted by Crippen LogP contribution is -2.43. The number of H-pyrrole nitrogens is 1. The third-order valence-corrected chi connectivity index (χ3v) is 5.87. The highest BCUT2D eigenvalue weighted by Crippen LogP contribution is 2.38. The van der Waals surface area contributed by atoms with Gasteiger partial charge in [0.1, 0.15) is 11.5 Å². The SMILES string of the molecule is CC(C)(CCn1c(=O)[nH]c2ccccc21)NC[C@H](O)c1cc(O)cc2c1OCC(=O)N2.O=C(O)/C=C\C(=O)O. The lowest BCUT2D eigenvalue weighted by atomic mass is 9.99. The van der Waals surface area contributed by atoms with Crippen LogP contribution in [0.3, 0.4) is 0 Å². The molecule has 13 heteroatoms. The summed E-state index contributed by atoms with van der Waals surface area (Å²) in [6.07, 6.45) is 0.794. The number of amides is 1. The normalized spacial score (nSPS) is 13.7. The molecule has 0 spiro atoms. The predicted molar refractivity (Wildman–Crippen MR) is 141 cm³/mol. The van der Waals surface area contributed by atoms with Crippen molar-refractivity contribution >= 4 is 34.6 Å². The molecular weight excluding hydrogens is 512 g/mol. The summed E-state index contributed by atoms with van der Waals surface area (Å²) < 4.78 is 7.18. The highest BCUT2D eigenvalue weighted by atomic mass is 16.5. The summed E-state index contributed by atoms with van der Waals surface area (Å²) in [4.78, 5) is 45.8. The van der Waals surface area contributed by atoms with Crippen LogP contribution in [0.5, 0.6) is 11.5 Å². The van der Waals surface area contributed by atoms with E-state index in [2.05, 4.69) is 15.6 Å². The van der Waals surface area contributed by atoms with Gasteiger partial charge in [-0.2, -0.15) is 0 Å². The highest BCUT2D eigenvalue weighted by Gasteiger charge is 2.26. The van der Waals surface area contributed by atoms with Crippen molar-refractivity contribution in [3.63, 3.8) is 0 Å². The summed E-state index contributed by atoms with van der Waals surface area (Å²) in [7, 11) is 0. The van der Waals surface area contributed by atoms with Crippen molar-refractivity contribution in [2.24, 2.45) is 0 Å². The van der Waals surface area contributed by atoms with E-state index in [9.17, 15) is 29.4 Å². The summed E-state index contributed by atoms with van der Waals surface area (Å²) in [5.41, 5.74) is 1.85. The smallest absolute Gasteiger partial charge is 0.328 e. The summed E-state index contributed by atoms with van der Waals surface area (Å²) in [6.45, 7) is 4.55. The number of aromatic hydroxyl groups is 1. The summed E-state index contributed by atoms with van der Waals surface area (Å²) in [5, 5.41) is 42.3. The number of hydrogen-bond donors (Lipinski definition) is 7. The molecule has 39 heavy (non-hydrogen) atoms. The largest absolute Gasteiger partial charge is 0.508 e. The number of para-hydroxylation sites is 2. The van der Waals surface area contributed by atoms with Gasteiger partial charge in [-0.25, -0.2) is 14.4 Å². The molecular formula is C26H30N4O9. The number of benzene rings is 2. The molecule has 1 aliphatic rings. The number of nitrogens with one attached hydrogen (secondary N) is 3. The molecule has 0 radical (unpaired) electrons. The fourth-order valence-electron chi connectivity index (χ4n) is 3.89. The summed E-state index contributed by atoms with van der Waals surface area (Å²) in [5.74, 6) is -2.54. The first kappa shape index (κ1) is 28.9. The second kappa shape index (κ2) is 12.3. The zero-order valence-electron chi connectivity index (χ0n) is 21.3. The van der Waals surface area contributed by atoms with E-state index >= 15 is 0 Å². The van der Waals surface area contributed by atoms with Crippen LogP contribution in [0.2, 0.25) is 0 Å². The van der Waals surface area contributed by atoms with Gasteiger partial charge in [-0.1, -0.05) is 12.1 Å². The average molecular weight is 543 g/mol. The monoisotopic (exact) mass is 542 g/mol. The number of fused-ring (bicyclic) bond motifs is 2. The van der Waals surface area contributed by atoms with Crippen molar-refractivity contribution in [1.82, 2.24) is 14.9 Å². The number of carboxylic acid groups (broad SMARTS) is 2. The Kier molecular flexibility index (Phi) is 9.12. The maximum Gasteiger partial charge on any atom is 0.328 e. The number of β-amino-alcohol motifs (C(OH)–C–C–N with tert-alkyl or cyclic N) is 1. The minimum atomic E-state index is -1.26. The summed E-state index contributed by atoms with van der Waals surface area (Å²) >= 11 is 0. The Bertz CT molecular complexity index is 1440. The van der Waals surface area contributed by atoms with Gasteiger partial charge in [0, 0.05) is 42.4 Å². The van der Waals surface area contributed by atoms with E-state index < -0.39 is 18.0 Å². The number of imidazole rings is 1. The van der Waals surface area contributed by atoms with Gasteiger partial charge in [-0.15, -0.1) is 0 Å². The number of anilines is 1. The zero-order valence-corrected chi connectivity index (χ0v) is 21.3. The van der Waals surface area contributed by atoms with Crippen LogP contribution < -0.4 is 21.1 Å². The van der Waals surface area contributed by atoms with Crippen molar-refractivity contribution in [3.8, 4) is 11.5 Å². The number of aromatic amines is 1. The van der Waals surface area contributed by atoms with Crippen molar-refractivity contribution in [3.05, 3.63) is 64.6 Å². The second-order valence-electron chi connectivity index (χ2n) is 9.39. The first-order valence-corrected chi connectivity index (χ1v) is 11.9. The molecule has 3 aromatic rings. The Morgan fingerprint density at radius 2 is 1.82 bits per heavy atom. The molecule has 208 valence electrons. The molecule has 0 unspecified atom stereocenters. The first-order chi connectivity index (χ1) is 18.4. The standard InChI is InChI=1S/C22H26N4O5.C4H4O4/c1-22(2,7-8-26-17-6-4-3-5-15(17)25-21(26)30)23-11-18(28)14-9-13(27)10-16-20(14)31-12-19(29)24-16;5-3(6)1-2-4(7)8/h3-6,9-10,18,23,27-28H,7-8,11-12H2,1-2H3,(H,24,29)(H,25,30);1-2H,(H,5,6)(H,7,8)/b;2-1-/t18-;/m0./s1. The number of aromatic nitrogens is 2. The number of rotatable bonds is 9. The number of carbonyl (C=O) groups excluding carboxylic acids is 1. The number of carboxylic acids is 2. The maximum atomic E-state index is 12.3. The zero-order chi connectivity index (χ0) is 28.7. The van der Waals surface area contributed by atoms with E-state index in [1.165, 1.54) is 12.1 Å². The van der Waals surface area contributed by atoms with Gasteiger partial charge in [0.05, 0.1) is 22.8 Å². The molecule has 0 fully saturated rings. The molecule has 2 heterocycles. The van der Waals surface area contributed by atoms with Crippen LogP contribution in [0.1, 0.15) is 31.9 Å². The molecule has 0 aliphatic carbocycles. The third-order valence-electron chi connectivity index (χ3n) is 5.87. The molecule has 1 amide bonds.